The van der Waals surface area contributed by atoms with Gasteiger partial charge < -0.3 is 4.74 Å². The Morgan fingerprint density at radius 3 is 1.80 bits per heavy atom. The van der Waals surface area contributed by atoms with Gasteiger partial charge >= 0.3 is 12.4 Å². The lowest BCUT2D eigenvalue weighted by Gasteiger charge is -2.27. The largest absolute Gasteiger partial charge is 0.423 e. The minimum Gasteiger partial charge on any atom is -0.352 e. The number of hydrogen-bond donors (Lipinski definition) is 0. The number of hydrogen-bond acceptors (Lipinski definition) is 1. The van der Waals surface area contributed by atoms with Gasteiger partial charge in [-0.1, -0.05) is 46.3 Å². The average Bonchev–Trinajstić information content (AvgIpc) is 2.28. The van der Waals surface area contributed by atoms with E-state index in [2.05, 4.69) is 4.74 Å². The highest BCUT2D eigenvalue weighted by Crippen LogP contribution is 2.39. The van der Waals surface area contributed by atoms with Crippen LogP contribution in [-0.2, 0) is 4.74 Å². The predicted molar refractivity (Wildman–Crippen MR) is 70.1 cm³/mol. The van der Waals surface area contributed by atoms with E-state index in [9.17, 15) is 26.3 Å². The first kappa shape index (κ1) is 17.8. The second kappa shape index (κ2) is 6.69. The van der Waals surface area contributed by atoms with Crippen LogP contribution in [0.1, 0.15) is 11.7 Å². The van der Waals surface area contributed by atoms with Crippen molar-refractivity contribution in [3.8, 4) is 0 Å². The van der Waals surface area contributed by atoms with Crippen LogP contribution in [0.15, 0.2) is 24.3 Å². The molecule has 1 nitrogen and oxygen atoms in total. The summed E-state index contributed by atoms with van der Waals surface area (Å²) < 4.78 is 78.7. The summed E-state index contributed by atoms with van der Waals surface area (Å²) in [6, 6.07) is 5.40. The van der Waals surface area contributed by atoms with Crippen LogP contribution in [0.25, 0.3) is 0 Å². The lowest BCUT2D eigenvalue weighted by molar-refractivity contribution is -0.330. The van der Waals surface area contributed by atoms with Gasteiger partial charge in [-0.25, -0.2) is 0 Å². The van der Waals surface area contributed by atoms with Gasteiger partial charge in [0.15, 0.2) is 0 Å². The molecule has 1 rings (SSSR count). The molecule has 114 valence electrons. The molecule has 0 saturated heterocycles. The summed E-state index contributed by atoms with van der Waals surface area (Å²) in [6.45, 7) is 0. The lowest BCUT2D eigenvalue weighted by Crippen LogP contribution is -2.45. The second-order valence-electron chi connectivity index (χ2n) is 3.79. The summed E-state index contributed by atoms with van der Waals surface area (Å²) in [5.74, 6) is 0. The third-order valence-electron chi connectivity index (χ3n) is 2.28. The van der Waals surface area contributed by atoms with Gasteiger partial charge in [0.1, 0.15) is 0 Å². The van der Waals surface area contributed by atoms with Gasteiger partial charge in [0.05, 0.1) is 6.10 Å². The van der Waals surface area contributed by atoms with Crippen LogP contribution in [0.2, 0.25) is 5.02 Å². The molecule has 1 aromatic rings. The van der Waals surface area contributed by atoms with Crippen molar-refractivity contribution in [1.29, 1.82) is 0 Å². The zero-order valence-corrected chi connectivity index (χ0v) is 12.5. The maximum atomic E-state index is 12.4. The minimum atomic E-state index is -5.52. The van der Waals surface area contributed by atoms with Gasteiger partial charge in [0.25, 0.3) is 0 Å². The van der Waals surface area contributed by atoms with E-state index < -0.39 is 24.6 Å². The average molecular weight is 433 g/mol. The fraction of sp³-hybridized carbons (Fsp3) is 0.455. The lowest BCUT2D eigenvalue weighted by atomic mass is 10.1. The first-order chi connectivity index (χ1) is 9.05. The van der Waals surface area contributed by atoms with E-state index in [4.69, 9.17) is 11.6 Å². The second-order valence-corrected chi connectivity index (χ2v) is 5.11. The number of alkyl halides is 7. The Kier molecular flexibility index (Phi) is 5.97. The van der Waals surface area contributed by atoms with E-state index in [-0.39, 0.29) is 9.99 Å². The monoisotopic (exact) mass is 432 g/mol. The Balaban J connectivity index is 2.98. The minimum absolute atomic E-state index is 0.0674. The van der Waals surface area contributed by atoms with Crippen molar-refractivity contribution in [3.05, 3.63) is 34.9 Å². The molecule has 1 atom stereocenters. The van der Waals surface area contributed by atoms with E-state index in [0.29, 0.717) is 5.02 Å². The molecule has 9 heteroatoms. The van der Waals surface area contributed by atoms with E-state index in [1.54, 1.807) is 22.6 Å². The van der Waals surface area contributed by atoms with E-state index in [1.165, 1.54) is 24.3 Å². The molecule has 0 aliphatic carbocycles. The molecule has 1 unspecified atom stereocenters. The molecule has 20 heavy (non-hydrogen) atoms. The molecule has 0 aliphatic rings. The molecule has 0 heterocycles. The molecule has 0 aromatic heterocycles. The van der Waals surface area contributed by atoms with Crippen molar-refractivity contribution in [2.75, 3.05) is 4.43 Å². The van der Waals surface area contributed by atoms with Crippen molar-refractivity contribution in [2.45, 2.75) is 24.6 Å². The first-order valence-corrected chi connectivity index (χ1v) is 7.06. The maximum Gasteiger partial charge on any atom is 0.423 e. The third-order valence-corrected chi connectivity index (χ3v) is 3.33. The topological polar surface area (TPSA) is 9.23 Å². The van der Waals surface area contributed by atoms with Gasteiger partial charge in [-0.2, -0.15) is 26.3 Å². The van der Waals surface area contributed by atoms with E-state index in [1.807, 2.05) is 0 Å². The Hall–Kier alpha value is -0.220. The summed E-state index contributed by atoms with van der Waals surface area (Å²) in [5, 5.41) is 0.323. The SMILES string of the molecule is FC(F)(F)C(OC(CI)c1ccc(Cl)cc1)C(F)(F)F. The quantitative estimate of drug-likeness (QED) is 0.355. The fourth-order valence-corrected chi connectivity index (χ4v) is 2.23. The summed E-state index contributed by atoms with van der Waals surface area (Å²) >= 11 is 7.27. The zero-order valence-electron chi connectivity index (χ0n) is 9.60. The van der Waals surface area contributed by atoms with Gasteiger partial charge in [-0.15, -0.1) is 0 Å². The highest BCUT2D eigenvalue weighted by molar-refractivity contribution is 14.1. The summed E-state index contributed by atoms with van der Waals surface area (Å²) in [5.41, 5.74) is 0.197. The highest BCUT2D eigenvalue weighted by Gasteiger charge is 2.58. The standard InChI is InChI=1S/C11H8ClF6IO/c12-7-3-1-6(2-4-7)8(5-19)20-9(10(13,14)15)11(16,17)18/h1-4,8-9H,5H2. The van der Waals surface area contributed by atoms with Crippen molar-refractivity contribution in [3.63, 3.8) is 0 Å². The van der Waals surface area contributed by atoms with Gasteiger partial charge in [-0.3, -0.25) is 0 Å². The normalized spacial score (nSPS) is 14.7. The van der Waals surface area contributed by atoms with Crippen LogP contribution < -0.4 is 0 Å². The zero-order chi connectivity index (χ0) is 15.6. The van der Waals surface area contributed by atoms with Crippen LogP contribution in [0.3, 0.4) is 0 Å². The van der Waals surface area contributed by atoms with E-state index in [0.717, 1.165) is 0 Å². The van der Waals surface area contributed by atoms with Crippen LogP contribution in [0.4, 0.5) is 26.3 Å². The van der Waals surface area contributed by atoms with Crippen molar-refractivity contribution >= 4 is 34.2 Å². The van der Waals surface area contributed by atoms with Crippen LogP contribution >= 0.6 is 34.2 Å². The van der Waals surface area contributed by atoms with Crippen molar-refractivity contribution in [1.82, 2.24) is 0 Å². The molecular formula is C11H8ClF6IO. The number of rotatable bonds is 4. The molecule has 0 spiro atoms. The molecule has 0 radical (unpaired) electrons. The first-order valence-electron chi connectivity index (χ1n) is 5.16. The Morgan fingerprint density at radius 2 is 1.45 bits per heavy atom. The van der Waals surface area contributed by atoms with Gasteiger partial charge in [-0.05, 0) is 17.7 Å². The van der Waals surface area contributed by atoms with Crippen molar-refractivity contribution in [2.24, 2.45) is 0 Å². The fourth-order valence-electron chi connectivity index (χ4n) is 1.39. The summed E-state index contributed by atoms with van der Waals surface area (Å²) in [4.78, 5) is 0. The van der Waals surface area contributed by atoms with Crippen LogP contribution in [0.5, 0.6) is 0 Å². The summed E-state index contributed by atoms with van der Waals surface area (Å²) in [7, 11) is 0. The van der Waals surface area contributed by atoms with E-state index >= 15 is 0 Å². The van der Waals surface area contributed by atoms with Crippen LogP contribution in [0, 0.1) is 0 Å². The predicted octanol–water partition coefficient (Wildman–Crippen LogP) is 5.33. The molecule has 1 aromatic carbocycles. The smallest absolute Gasteiger partial charge is 0.352 e. The molecule has 0 N–H and O–H groups in total. The molecular weight excluding hydrogens is 424 g/mol. The molecule has 0 bridgehead atoms. The summed E-state index contributed by atoms with van der Waals surface area (Å²) in [6.07, 6.45) is -16.2. The highest BCUT2D eigenvalue weighted by atomic mass is 127. The Bertz CT molecular complexity index is 416. The number of halogens is 8. The molecule has 0 amide bonds. The van der Waals surface area contributed by atoms with Crippen LogP contribution in [-0.4, -0.2) is 22.9 Å². The van der Waals surface area contributed by atoms with Gasteiger partial charge in [0.2, 0.25) is 6.10 Å². The number of benzene rings is 1. The number of ether oxygens (including phenoxy) is 1. The van der Waals surface area contributed by atoms with Crippen molar-refractivity contribution < 1.29 is 31.1 Å². The molecule has 0 aliphatic heterocycles. The molecule has 0 saturated carbocycles. The third kappa shape index (κ3) is 4.96. The Morgan fingerprint density at radius 1 is 1.00 bits per heavy atom. The maximum absolute atomic E-state index is 12.4. The Labute approximate surface area is 129 Å². The van der Waals surface area contributed by atoms with Gasteiger partial charge in [0, 0.05) is 9.45 Å². The molecule has 0 fully saturated rings.